The molecule has 0 saturated heterocycles. The monoisotopic (exact) mass is 198 g/mol. The molecule has 0 aliphatic rings. The standard InChI is InChI=1S/C9H11FN2O2/c1-14-9(13)8-5-6(10)4-7(12-8)2-3-11/h4-5H,2-3,11H2,1H3. The largest absolute Gasteiger partial charge is 0.464 e. The predicted molar refractivity (Wildman–Crippen MR) is 48.3 cm³/mol. The molecule has 0 aromatic carbocycles. The number of aromatic nitrogens is 1. The van der Waals surface area contributed by atoms with Crippen LogP contribution in [0.4, 0.5) is 4.39 Å². The fourth-order valence-electron chi connectivity index (χ4n) is 1.04. The second-order valence-electron chi connectivity index (χ2n) is 2.69. The third kappa shape index (κ3) is 2.50. The van der Waals surface area contributed by atoms with Gasteiger partial charge >= 0.3 is 5.97 Å². The molecule has 76 valence electrons. The van der Waals surface area contributed by atoms with Crippen molar-refractivity contribution in [3.05, 3.63) is 29.3 Å². The van der Waals surface area contributed by atoms with Gasteiger partial charge in [0.15, 0.2) is 5.69 Å². The SMILES string of the molecule is COC(=O)c1cc(F)cc(CCN)n1. The lowest BCUT2D eigenvalue weighted by atomic mass is 10.2. The number of carbonyl (C=O) groups is 1. The van der Waals surface area contributed by atoms with E-state index in [1.165, 1.54) is 13.2 Å². The molecule has 1 aromatic heterocycles. The third-order valence-corrected chi connectivity index (χ3v) is 1.64. The number of hydrogen-bond acceptors (Lipinski definition) is 4. The summed E-state index contributed by atoms with van der Waals surface area (Å²) in [6.45, 7) is 0.358. The first kappa shape index (κ1) is 10.6. The van der Waals surface area contributed by atoms with Gasteiger partial charge in [-0.25, -0.2) is 14.2 Å². The van der Waals surface area contributed by atoms with Crippen LogP contribution in [0.3, 0.4) is 0 Å². The second-order valence-corrected chi connectivity index (χ2v) is 2.69. The van der Waals surface area contributed by atoms with E-state index in [0.717, 1.165) is 6.07 Å². The van der Waals surface area contributed by atoms with Crippen LogP contribution in [0, 0.1) is 5.82 Å². The Morgan fingerprint density at radius 3 is 2.93 bits per heavy atom. The summed E-state index contributed by atoms with van der Waals surface area (Å²) < 4.78 is 17.4. The number of rotatable bonds is 3. The van der Waals surface area contributed by atoms with Gasteiger partial charge in [-0.15, -0.1) is 0 Å². The summed E-state index contributed by atoms with van der Waals surface area (Å²) in [7, 11) is 1.22. The fraction of sp³-hybridized carbons (Fsp3) is 0.333. The molecule has 1 aromatic rings. The number of methoxy groups -OCH3 is 1. The minimum atomic E-state index is -0.650. The number of esters is 1. The first-order valence-corrected chi connectivity index (χ1v) is 4.12. The zero-order valence-electron chi connectivity index (χ0n) is 7.79. The summed E-state index contributed by atoms with van der Waals surface area (Å²) in [6.07, 6.45) is 0.432. The van der Waals surface area contributed by atoms with E-state index in [1.807, 2.05) is 0 Å². The summed E-state index contributed by atoms with van der Waals surface area (Å²) in [4.78, 5) is 14.9. The van der Waals surface area contributed by atoms with Crippen molar-refractivity contribution in [2.45, 2.75) is 6.42 Å². The second kappa shape index (κ2) is 4.66. The zero-order chi connectivity index (χ0) is 10.6. The first-order valence-electron chi connectivity index (χ1n) is 4.12. The van der Waals surface area contributed by atoms with Gasteiger partial charge in [0.2, 0.25) is 0 Å². The number of pyridine rings is 1. The Bertz CT molecular complexity index is 342. The molecule has 0 atom stereocenters. The van der Waals surface area contributed by atoms with Crippen molar-refractivity contribution in [1.29, 1.82) is 0 Å². The van der Waals surface area contributed by atoms with E-state index in [0.29, 0.717) is 18.7 Å². The van der Waals surface area contributed by atoms with Crippen molar-refractivity contribution in [3.63, 3.8) is 0 Å². The van der Waals surface area contributed by atoms with Gasteiger partial charge in [-0.05, 0) is 12.6 Å². The topological polar surface area (TPSA) is 65.2 Å². The summed E-state index contributed by atoms with van der Waals surface area (Å²) in [5.41, 5.74) is 5.71. The average Bonchev–Trinajstić information content (AvgIpc) is 2.16. The van der Waals surface area contributed by atoms with Crippen molar-refractivity contribution in [2.75, 3.05) is 13.7 Å². The van der Waals surface area contributed by atoms with Crippen LogP contribution in [0.2, 0.25) is 0 Å². The fourth-order valence-corrected chi connectivity index (χ4v) is 1.04. The number of halogens is 1. The highest BCUT2D eigenvalue weighted by Crippen LogP contribution is 2.06. The number of carbonyl (C=O) groups excluding carboxylic acids is 1. The first-order chi connectivity index (χ1) is 6.67. The van der Waals surface area contributed by atoms with Gasteiger partial charge in [-0.2, -0.15) is 0 Å². The quantitative estimate of drug-likeness (QED) is 0.718. The minimum Gasteiger partial charge on any atom is -0.464 e. The van der Waals surface area contributed by atoms with Gasteiger partial charge in [-0.1, -0.05) is 0 Å². The Morgan fingerprint density at radius 2 is 2.36 bits per heavy atom. The molecule has 0 aliphatic heterocycles. The molecule has 0 aliphatic carbocycles. The maximum absolute atomic E-state index is 13.0. The van der Waals surface area contributed by atoms with Gasteiger partial charge < -0.3 is 10.5 Å². The highest BCUT2D eigenvalue weighted by molar-refractivity contribution is 5.87. The zero-order valence-corrected chi connectivity index (χ0v) is 7.79. The molecule has 1 rings (SSSR count). The van der Waals surface area contributed by atoms with Crippen LogP contribution in [-0.4, -0.2) is 24.6 Å². The van der Waals surface area contributed by atoms with Crippen LogP contribution in [0.15, 0.2) is 12.1 Å². The van der Waals surface area contributed by atoms with E-state index in [4.69, 9.17) is 5.73 Å². The van der Waals surface area contributed by atoms with Crippen molar-refractivity contribution < 1.29 is 13.9 Å². The molecule has 0 amide bonds. The van der Waals surface area contributed by atoms with Gasteiger partial charge in [0.25, 0.3) is 0 Å². The molecule has 0 spiro atoms. The Labute approximate surface area is 80.9 Å². The summed E-state index contributed by atoms with van der Waals surface area (Å²) in [5.74, 6) is -1.16. The van der Waals surface area contributed by atoms with E-state index in [-0.39, 0.29) is 5.69 Å². The maximum atomic E-state index is 13.0. The molecule has 0 radical (unpaired) electrons. The van der Waals surface area contributed by atoms with Crippen LogP contribution in [0.25, 0.3) is 0 Å². The van der Waals surface area contributed by atoms with Crippen molar-refractivity contribution in [3.8, 4) is 0 Å². The van der Waals surface area contributed by atoms with Crippen LogP contribution < -0.4 is 5.73 Å². The van der Waals surface area contributed by atoms with Gasteiger partial charge in [0.05, 0.1) is 7.11 Å². The van der Waals surface area contributed by atoms with Crippen LogP contribution in [0.5, 0.6) is 0 Å². The molecule has 0 unspecified atom stereocenters. The number of nitrogens with two attached hydrogens (primary N) is 1. The van der Waals surface area contributed by atoms with Crippen molar-refractivity contribution >= 4 is 5.97 Å². The van der Waals surface area contributed by atoms with E-state index < -0.39 is 11.8 Å². The Kier molecular flexibility index (Phi) is 3.53. The van der Waals surface area contributed by atoms with E-state index >= 15 is 0 Å². The normalized spacial score (nSPS) is 9.93. The van der Waals surface area contributed by atoms with E-state index in [1.54, 1.807) is 0 Å². The summed E-state index contributed by atoms with van der Waals surface area (Å²) >= 11 is 0. The predicted octanol–water partition coefficient (Wildman–Crippen LogP) is 0.509. The molecular formula is C9H11FN2O2. The lowest BCUT2D eigenvalue weighted by Gasteiger charge is -2.02. The third-order valence-electron chi connectivity index (χ3n) is 1.64. The Balaban J connectivity index is 3.00. The minimum absolute atomic E-state index is 0.0315. The Morgan fingerprint density at radius 1 is 1.64 bits per heavy atom. The molecule has 2 N–H and O–H groups in total. The van der Waals surface area contributed by atoms with Gasteiger partial charge in [0.1, 0.15) is 5.82 Å². The summed E-state index contributed by atoms with van der Waals surface area (Å²) in [5, 5.41) is 0. The molecule has 5 heteroatoms. The lowest BCUT2D eigenvalue weighted by molar-refractivity contribution is 0.0593. The van der Waals surface area contributed by atoms with Crippen LogP contribution in [0.1, 0.15) is 16.2 Å². The number of hydrogen-bond donors (Lipinski definition) is 1. The van der Waals surface area contributed by atoms with Gasteiger partial charge in [0, 0.05) is 18.2 Å². The highest BCUT2D eigenvalue weighted by atomic mass is 19.1. The molecular weight excluding hydrogens is 187 g/mol. The molecule has 14 heavy (non-hydrogen) atoms. The number of nitrogens with zero attached hydrogens (tertiary/aromatic N) is 1. The average molecular weight is 198 g/mol. The Hall–Kier alpha value is -1.49. The van der Waals surface area contributed by atoms with E-state index in [9.17, 15) is 9.18 Å². The molecule has 0 saturated carbocycles. The smallest absolute Gasteiger partial charge is 0.356 e. The van der Waals surface area contributed by atoms with Crippen molar-refractivity contribution in [2.24, 2.45) is 5.73 Å². The molecule has 4 nitrogen and oxygen atoms in total. The van der Waals surface area contributed by atoms with Crippen LogP contribution in [-0.2, 0) is 11.2 Å². The molecule has 1 heterocycles. The summed E-state index contributed by atoms with van der Waals surface area (Å²) in [6, 6.07) is 2.28. The lowest BCUT2D eigenvalue weighted by Crippen LogP contribution is -2.10. The maximum Gasteiger partial charge on any atom is 0.356 e. The van der Waals surface area contributed by atoms with Crippen LogP contribution >= 0.6 is 0 Å². The molecule has 0 bridgehead atoms. The van der Waals surface area contributed by atoms with E-state index in [2.05, 4.69) is 9.72 Å². The van der Waals surface area contributed by atoms with Crippen molar-refractivity contribution in [1.82, 2.24) is 4.98 Å². The van der Waals surface area contributed by atoms with Gasteiger partial charge in [-0.3, -0.25) is 0 Å². The highest BCUT2D eigenvalue weighted by Gasteiger charge is 2.10. The molecule has 0 fully saturated rings. The number of ether oxygens (including phenoxy) is 1.